The van der Waals surface area contributed by atoms with Gasteiger partial charge in [0.1, 0.15) is 0 Å². The summed E-state index contributed by atoms with van der Waals surface area (Å²) >= 11 is 1.30. The first kappa shape index (κ1) is 23.2. The van der Waals surface area contributed by atoms with E-state index in [1.807, 2.05) is 34.9 Å². The lowest BCUT2D eigenvalue weighted by Gasteiger charge is -2.28. The molecule has 0 spiro atoms. The second-order valence-electron chi connectivity index (χ2n) is 8.10. The molecule has 2 aliphatic rings. The van der Waals surface area contributed by atoms with Gasteiger partial charge >= 0.3 is 0 Å². The summed E-state index contributed by atoms with van der Waals surface area (Å²) < 4.78 is 18.2. The Balaban J connectivity index is 1.32. The number of nitrogens with zero attached hydrogens (tertiary/aromatic N) is 4. The van der Waals surface area contributed by atoms with Crippen molar-refractivity contribution in [2.45, 2.75) is 18.6 Å². The van der Waals surface area contributed by atoms with Crippen LogP contribution in [-0.2, 0) is 16.1 Å². The van der Waals surface area contributed by atoms with Crippen molar-refractivity contribution in [3.05, 3.63) is 53.6 Å². The van der Waals surface area contributed by atoms with E-state index >= 15 is 0 Å². The van der Waals surface area contributed by atoms with Crippen LogP contribution >= 0.6 is 11.8 Å². The van der Waals surface area contributed by atoms with E-state index in [9.17, 15) is 9.59 Å². The number of benzene rings is 2. The van der Waals surface area contributed by atoms with Crippen LogP contribution < -0.4 is 19.7 Å². The number of rotatable bonds is 8. The lowest BCUT2D eigenvalue weighted by molar-refractivity contribution is -0.113. The molecule has 2 aromatic carbocycles. The molecule has 0 radical (unpaired) electrons. The van der Waals surface area contributed by atoms with Crippen molar-refractivity contribution in [2.75, 3.05) is 49.1 Å². The minimum Gasteiger partial charge on any atom is -0.454 e. The first-order valence-corrected chi connectivity index (χ1v) is 12.2. The molecule has 10 nitrogen and oxygen atoms in total. The fourth-order valence-corrected chi connectivity index (χ4v) is 4.68. The average Bonchev–Trinajstić information content (AvgIpc) is 3.50. The van der Waals surface area contributed by atoms with E-state index < -0.39 is 0 Å². The molecule has 1 amide bonds. The summed E-state index contributed by atoms with van der Waals surface area (Å²) in [6.45, 7) is 4.85. The van der Waals surface area contributed by atoms with Gasteiger partial charge in [-0.15, -0.1) is 10.2 Å². The van der Waals surface area contributed by atoms with Crippen LogP contribution in [0.3, 0.4) is 0 Å². The number of hydrogen-bond acceptors (Lipinski definition) is 9. The molecule has 0 atom stereocenters. The van der Waals surface area contributed by atoms with Gasteiger partial charge in [0, 0.05) is 24.7 Å². The number of morpholine rings is 1. The highest BCUT2D eigenvalue weighted by Gasteiger charge is 2.23. The summed E-state index contributed by atoms with van der Waals surface area (Å²) in [4.78, 5) is 27.1. The average molecular weight is 496 g/mol. The van der Waals surface area contributed by atoms with Crippen molar-refractivity contribution < 1.29 is 23.8 Å². The molecule has 1 aromatic heterocycles. The maximum absolute atomic E-state index is 12.8. The van der Waals surface area contributed by atoms with Gasteiger partial charge in [-0.2, -0.15) is 0 Å². The number of hydrogen-bond donors (Lipinski definition) is 1. The minimum absolute atomic E-state index is 0.0858. The molecule has 0 bridgehead atoms. The van der Waals surface area contributed by atoms with Crippen LogP contribution in [0, 0.1) is 0 Å². The largest absolute Gasteiger partial charge is 0.454 e. The van der Waals surface area contributed by atoms with E-state index in [0.29, 0.717) is 47.7 Å². The molecule has 1 N–H and O–H groups in total. The Morgan fingerprint density at radius 1 is 1.06 bits per heavy atom. The van der Waals surface area contributed by atoms with E-state index in [-0.39, 0.29) is 24.2 Å². The number of nitrogens with one attached hydrogen (secondary N) is 1. The van der Waals surface area contributed by atoms with Gasteiger partial charge in [-0.1, -0.05) is 42.1 Å². The maximum atomic E-state index is 12.8. The van der Waals surface area contributed by atoms with Gasteiger partial charge in [-0.3, -0.25) is 14.2 Å². The fourth-order valence-electron chi connectivity index (χ4n) is 3.94. The van der Waals surface area contributed by atoms with Crippen molar-refractivity contribution in [3.63, 3.8) is 0 Å². The predicted molar refractivity (Wildman–Crippen MR) is 131 cm³/mol. The van der Waals surface area contributed by atoms with Crippen LogP contribution in [-0.4, -0.2) is 65.3 Å². The Kier molecular flexibility index (Phi) is 6.87. The van der Waals surface area contributed by atoms with Crippen LogP contribution in [0.1, 0.15) is 22.8 Å². The van der Waals surface area contributed by atoms with Crippen molar-refractivity contribution in [1.29, 1.82) is 0 Å². The Morgan fingerprint density at radius 2 is 1.80 bits per heavy atom. The summed E-state index contributed by atoms with van der Waals surface area (Å²) in [5.74, 6) is 1.40. The summed E-state index contributed by atoms with van der Waals surface area (Å²) in [6.07, 6.45) is 0. The van der Waals surface area contributed by atoms with Gasteiger partial charge in [0.05, 0.1) is 31.2 Å². The molecular weight excluding hydrogens is 470 g/mol. The van der Waals surface area contributed by atoms with Gasteiger partial charge in [-0.25, -0.2) is 0 Å². The maximum Gasteiger partial charge on any atom is 0.234 e. The molecular formula is C24H25N5O5S. The molecule has 0 unspecified atom stereocenters. The van der Waals surface area contributed by atoms with Crippen LogP contribution in [0.25, 0.3) is 0 Å². The predicted octanol–water partition coefficient (Wildman–Crippen LogP) is 2.83. The second kappa shape index (κ2) is 10.4. The molecule has 182 valence electrons. The number of fused-ring (bicyclic) bond motifs is 1. The number of amides is 1. The zero-order chi connectivity index (χ0) is 24.2. The molecule has 0 aliphatic carbocycles. The summed E-state index contributed by atoms with van der Waals surface area (Å²) in [5.41, 5.74) is 1.88. The number of thioether (sulfide) groups is 1. The van der Waals surface area contributed by atoms with E-state index in [0.717, 1.165) is 24.6 Å². The lowest BCUT2D eigenvalue weighted by Crippen LogP contribution is -2.38. The molecule has 1 saturated heterocycles. The standard InChI is InChI=1S/C24H25N5O5S/c1-16(30)18-11-20-21(34-15-33-20)12-19(18)25-22(31)14-35-24-27-26-23(28-7-9-32-10-8-28)29(24)13-17-5-3-2-4-6-17/h2-6,11-12H,7-10,13-15H2,1H3,(H,25,31). The molecule has 3 aromatic rings. The summed E-state index contributed by atoms with van der Waals surface area (Å²) in [5, 5.41) is 12.3. The van der Waals surface area contributed by atoms with Gasteiger partial charge in [0.2, 0.25) is 18.6 Å². The smallest absolute Gasteiger partial charge is 0.234 e. The summed E-state index contributed by atoms with van der Waals surface area (Å²) in [6, 6.07) is 13.3. The van der Waals surface area contributed by atoms with Gasteiger partial charge in [-0.05, 0) is 18.6 Å². The highest BCUT2D eigenvalue weighted by atomic mass is 32.2. The highest BCUT2D eigenvalue weighted by Crippen LogP contribution is 2.37. The Bertz CT molecular complexity index is 1230. The van der Waals surface area contributed by atoms with Crippen LogP contribution in [0.15, 0.2) is 47.6 Å². The minimum atomic E-state index is -0.265. The number of carbonyl (C=O) groups excluding carboxylic acids is 2. The zero-order valence-electron chi connectivity index (χ0n) is 19.2. The zero-order valence-corrected chi connectivity index (χ0v) is 20.0. The van der Waals surface area contributed by atoms with Crippen molar-refractivity contribution in [3.8, 4) is 11.5 Å². The van der Waals surface area contributed by atoms with E-state index in [2.05, 4.69) is 20.4 Å². The van der Waals surface area contributed by atoms with Crippen LogP contribution in [0.2, 0.25) is 0 Å². The number of ether oxygens (including phenoxy) is 3. The molecule has 0 saturated carbocycles. The Labute approximate surface area is 206 Å². The highest BCUT2D eigenvalue weighted by molar-refractivity contribution is 7.99. The van der Waals surface area contributed by atoms with Crippen molar-refractivity contribution in [1.82, 2.24) is 14.8 Å². The lowest BCUT2D eigenvalue weighted by atomic mass is 10.1. The first-order valence-electron chi connectivity index (χ1n) is 11.3. The van der Waals surface area contributed by atoms with Crippen LogP contribution in [0.5, 0.6) is 11.5 Å². The van der Waals surface area contributed by atoms with E-state index in [1.165, 1.54) is 18.7 Å². The molecule has 1 fully saturated rings. The fraction of sp³-hybridized carbons (Fsp3) is 0.333. The van der Waals surface area contributed by atoms with Crippen LogP contribution in [0.4, 0.5) is 11.6 Å². The van der Waals surface area contributed by atoms with Gasteiger partial charge < -0.3 is 24.4 Å². The topological polar surface area (TPSA) is 108 Å². The normalized spacial score (nSPS) is 14.7. The third-order valence-corrected chi connectivity index (χ3v) is 6.64. The monoisotopic (exact) mass is 495 g/mol. The second-order valence-corrected chi connectivity index (χ2v) is 9.04. The van der Waals surface area contributed by atoms with Gasteiger partial charge in [0.15, 0.2) is 22.4 Å². The molecule has 11 heteroatoms. The van der Waals surface area contributed by atoms with E-state index in [4.69, 9.17) is 14.2 Å². The number of carbonyl (C=O) groups is 2. The number of ketones is 1. The number of Topliss-reactive ketones (excluding diaryl/α,β-unsaturated/α-hetero) is 1. The molecule has 2 aliphatic heterocycles. The van der Waals surface area contributed by atoms with Crippen molar-refractivity contribution in [2.24, 2.45) is 0 Å². The molecule has 3 heterocycles. The summed E-state index contributed by atoms with van der Waals surface area (Å²) in [7, 11) is 0. The number of aromatic nitrogens is 3. The Morgan fingerprint density at radius 3 is 2.54 bits per heavy atom. The third-order valence-electron chi connectivity index (χ3n) is 5.67. The Hall–Kier alpha value is -3.57. The first-order chi connectivity index (χ1) is 17.1. The quantitative estimate of drug-likeness (QED) is 0.373. The van der Waals surface area contributed by atoms with Crippen molar-refractivity contribution >= 4 is 35.1 Å². The van der Waals surface area contributed by atoms with E-state index in [1.54, 1.807) is 12.1 Å². The number of anilines is 2. The molecule has 5 rings (SSSR count). The third kappa shape index (κ3) is 5.25. The SMILES string of the molecule is CC(=O)c1cc2c(cc1NC(=O)CSc1nnc(N3CCOCC3)n1Cc1ccccc1)OCO2. The molecule has 35 heavy (non-hydrogen) atoms. The van der Waals surface area contributed by atoms with Gasteiger partial charge in [0.25, 0.3) is 0 Å².